The van der Waals surface area contributed by atoms with Crippen LogP contribution in [0.15, 0.2) is 34.4 Å². The van der Waals surface area contributed by atoms with Crippen LogP contribution in [-0.4, -0.2) is 46.9 Å². The average Bonchev–Trinajstić information content (AvgIpc) is 3.07. The fourth-order valence-corrected chi connectivity index (χ4v) is 3.58. The van der Waals surface area contributed by atoms with Crippen LogP contribution in [0.5, 0.6) is 0 Å². The van der Waals surface area contributed by atoms with E-state index in [4.69, 9.17) is 0 Å². The SMILES string of the molecule is CCc1cc(C(=O)N2CCN(Cc3cccs3)CC2)cc(=O)[nH]1. The van der Waals surface area contributed by atoms with Crippen LogP contribution in [0.3, 0.4) is 0 Å². The zero-order valence-electron chi connectivity index (χ0n) is 13.2. The van der Waals surface area contributed by atoms with Crippen molar-refractivity contribution in [2.24, 2.45) is 0 Å². The van der Waals surface area contributed by atoms with Gasteiger partial charge < -0.3 is 9.88 Å². The number of aromatic nitrogens is 1. The summed E-state index contributed by atoms with van der Waals surface area (Å²) in [6, 6.07) is 7.41. The lowest BCUT2D eigenvalue weighted by molar-refractivity contribution is 0.0629. The van der Waals surface area contributed by atoms with Crippen molar-refractivity contribution in [3.05, 3.63) is 56.1 Å². The highest BCUT2D eigenvalue weighted by Gasteiger charge is 2.22. The number of thiophene rings is 1. The first-order chi connectivity index (χ1) is 11.2. The van der Waals surface area contributed by atoms with E-state index in [1.807, 2.05) is 11.8 Å². The van der Waals surface area contributed by atoms with Gasteiger partial charge in [-0.05, 0) is 23.9 Å². The molecule has 6 heteroatoms. The van der Waals surface area contributed by atoms with Crippen molar-refractivity contribution in [2.75, 3.05) is 26.2 Å². The minimum absolute atomic E-state index is 0.0402. The summed E-state index contributed by atoms with van der Waals surface area (Å²) in [6.07, 6.45) is 0.713. The van der Waals surface area contributed by atoms with E-state index in [-0.39, 0.29) is 11.5 Å². The number of carbonyl (C=O) groups excluding carboxylic acids is 1. The Morgan fingerprint density at radius 3 is 2.70 bits per heavy atom. The maximum atomic E-state index is 12.6. The average molecular weight is 331 g/mol. The third-order valence-corrected chi connectivity index (χ3v) is 5.01. The van der Waals surface area contributed by atoms with Crippen LogP contribution < -0.4 is 5.56 Å². The molecular formula is C17H21N3O2S. The molecule has 2 aromatic rings. The monoisotopic (exact) mass is 331 g/mol. The summed E-state index contributed by atoms with van der Waals surface area (Å²) in [5.74, 6) is -0.0402. The summed E-state index contributed by atoms with van der Waals surface area (Å²) in [6.45, 7) is 6.06. The van der Waals surface area contributed by atoms with Crippen molar-refractivity contribution in [3.63, 3.8) is 0 Å². The highest BCUT2D eigenvalue weighted by atomic mass is 32.1. The summed E-state index contributed by atoms with van der Waals surface area (Å²) < 4.78 is 0. The lowest BCUT2D eigenvalue weighted by atomic mass is 10.1. The Hall–Kier alpha value is -1.92. The molecule has 1 fully saturated rings. The van der Waals surface area contributed by atoms with E-state index < -0.39 is 0 Å². The molecule has 3 heterocycles. The number of rotatable bonds is 4. The summed E-state index contributed by atoms with van der Waals surface area (Å²) in [7, 11) is 0. The van der Waals surface area contributed by atoms with E-state index in [0.717, 1.165) is 25.3 Å². The summed E-state index contributed by atoms with van der Waals surface area (Å²) in [5, 5.41) is 2.09. The Bertz CT molecular complexity index is 716. The van der Waals surface area contributed by atoms with Gasteiger partial charge in [-0.1, -0.05) is 13.0 Å². The van der Waals surface area contributed by atoms with Gasteiger partial charge in [-0.3, -0.25) is 14.5 Å². The van der Waals surface area contributed by atoms with E-state index in [2.05, 4.69) is 27.4 Å². The molecule has 1 saturated heterocycles. The van der Waals surface area contributed by atoms with Crippen LogP contribution in [0.25, 0.3) is 0 Å². The van der Waals surface area contributed by atoms with E-state index in [9.17, 15) is 9.59 Å². The van der Waals surface area contributed by atoms with Crippen molar-refractivity contribution < 1.29 is 4.79 Å². The Balaban J connectivity index is 1.62. The maximum Gasteiger partial charge on any atom is 0.254 e. The van der Waals surface area contributed by atoms with E-state index in [0.29, 0.717) is 25.1 Å². The molecule has 1 aliphatic heterocycles. The van der Waals surface area contributed by atoms with Crippen LogP contribution in [0.4, 0.5) is 0 Å². The first-order valence-electron chi connectivity index (χ1n) is 7.93. The minimum atomic E-state index is -0.205. The predicted molar refractivity (Wildman–Crippen MR) is 91.9 cm³/mol. The van der Waals surface area contributed by atoms with Gasteiger partial charge in [0.1, 0.15) is 0 Å². The third kappa shape index (κ3) is 3.89. The van der Waals surface area contributed by atoms with Crippen molar-refractivity contribution in [1.82, 2.24) is 14.8 Å². The predicted octanol–water partition coefficient (Wildman–Crippen LogP) is 1.96. The zero-order valence-corrected chi connectivity index (χ0v) is 14.1. The van der Waals surface area contributed by atoms with Crippen molar-refractivity contribution >= 4 is 17.2 Å². The van der Waals surface area contributed by atoms with Gasteiger partial charge in [0.25, 0.3) is 5.91 Å². The molecule has 1 amide bonds. The molecule has 0 aromatic carbocycles. The number of aryl methyl sites for hydroxylation is 1. The van der Waals surface area contributed by atoms with Gasteiger partial charge >= 0.3 is 0 Å². The lowest BCUT2D eigenvalue weighted by Gasteiger charge is -2.34. The van der Waals surface area contributed by atoms with E-state index in [1.165, 1.54) is 10.9 Å². The number of nitrogens with zero attached hydrogens (tertiary/aromatic N) is 2. The number of nitrogens with one attached hydrogen (secondary N) is 1. The smallest absolute Gasteiger partial charge is 0.254 e. The second-order valence-corrected chi connectivity index (χ2v) is 6.79. The second-order valence-electron chi connectivity index (χ2n) is 5.76. The van der Waals surface area contributed by atoms with Crippen LogP contribution in [-0.2, 0) is 13.0 Å². The highest BCUT2D eigenvalue weighted by Crippen LogP contribution is 2.14. The number of piperazine rings is 1. The first-order valence-corrected chi connectivity index (χ1v) is 8.81. The van der Waals surface area contributed by atoms with Gasteiger partial charge in [-0.15, -0.1) is 11.3 Å². The van der Waals surface area contributed by atoms with Crippen LogP contribution >= 0.6 is 11.3 Å². The molecule has 0 saturated carbocycles. The highest BCUT2D eigenvalue weighted by molar-refractivity contribution is 7.09. The third-order valence-electron chi connectivity index (χ3n) is 4.15. The molecule has 0 radical (unpaired) electrons. The molecule has 23 heavy (non-hydrogen) atoms. The normalized spacial score (nSPS) is 15.8. The Morgan fingerprint density at radius 2 is 2.04 bits per heavy atom. The van der Waals surface area contributed by atoms with Crippen molar-refractivity contribution in [2.45, 2.75) is 19.9 Å². The van der Waals surface area contributed by atoms with Crippen LogP contribution in [0.2, 0.25) is 0 Å². The van der Waals surface area contributed by atoms with Gasteiger partial charge in [0.15, 0.2) is 0 Å². The van der Waals surface area contributed by atoms with Gasteiger partial charge in [0, 0.05) is 54.9 Å². The molecule has 1 N–H and O–H groups in total. The molecule has 5 nitrogen and oxygen atoms in total. The molecule has 0 unspecified atom stereocenters. The largest absolute Gasteiger partial charge is 0.336 e. The molecular weight excluding hydrogens is 310 g/mol. The zero-order chi connectivity index (χ0) is 16.2. The van der Waals surface area contributed by atoms with Crippen LogP contribution in [0, 0.1) is 0 Å². The van der Waals surface area contributed by atoms with Gasteiger partial charge in [-0.2, -0.15) is 0 Å². The minimum Gasteiger partial charge on any atom is -0.336 e. The van der Waals surface area contributed by atoms with Gasteiger partial charge in [0.2, 0.25) is 5.56 Å². The molecule has 0 bridgehead atoms. The van der Waals surface area contributed by atoms with Crippen molar-refractivity contribution in [3.8, 4) is 0 Å². The number of pyridine rings is 1. The fraction of sp³-hybridized carbons (Fsp3) is 0.412. The topological polar surface area (TPSA) is 56.4 Å². The number of H-pyrrole nitrogens is 1. The molecule has 0 aliphatic carbocycles. The van der Waals surface area contributed by atoms with Gasteiger partial charge in [0.05, 0.1) is 0 Å². The molecule has 0 atom stereocenters. The quantitative estimate of drug-likeness (QED) is 0.932. The van der Waals surface area contributed by atoms with Gasteiger partial charge in [-0.25, -0.2) is 0 Å². The molecule has 2 aromatic heterocycles. The number of aromatic amines is 1. The van der Waals surface area contributed by atoms with Crippen LogP contribution in [0.1, 0.15) is 27.9 Å². The maximum absolute atomic E-state index is 12.6. The standard InChI is InChI=1S/C17H21N3O2S/c1-2-14-10-13(11-16(21)18-14)17(22)20-7-5-19(6-8-20)12-15-4-3-9-23-15/h3-4,9-11H,2,5-8,12H2,1H3,(H,18,21). The molecule has 3 rings (SSSR count). The lowest BCUT2D eigenvalue weighted by Crippen LogP contribution is -2.48. The summed E-state index contributed by atoms with van der Waals surface area (Å²) in [4.78, 5) is 32.6. The summed E-state index contributed by atoms with van der Waals surface area (Å²) in [5.41, 5.74) is 1.10. The Kier molecular flexibility index (Phi) is 4.93. The van der Waals surface area contributed by atoms with Crippen molar-refractivity contribution in [1.29, 1.82) is 0 Å². The molecule has 122 valence electrons. The number of amides is 1. The molecule has 1 aliphatic rings. The Morgan fingerprint density at radius 1 is 1.26 bits per heavy atom. The first kappa shape index (κ1) is 16.0. The molecule has 0 spiro atoms. The summed E-state index contributed by atoms with van der Waals surface area (Å²) >= 11 is 1.77. The fourth-order valence-electron chi connectivity index (χ4n) is 2.83. The Labute approximate surface area is 139 Å². The second kappa shape index (κ2) is 7.10. The number of carbonyl (C=O) groups is 1. The van der Waals surface area contributed by atoms with E-state index >= 15 is 0 Å². The van der Waals surface area contributed by atoms with E-state index in [1.54, 1.807) is 17.4 Å². The number of hydrogen-bond donors (Lipinski definition) is 1. The number of hydrogen-bond acceptors (Lipinski definition) is 4.